The molecule has 2 rings (SSSR count). The van der Waals surface area contributed by atoms with Gasteiger partial charge in [0.25, 0.3) is 0 Å². The minimum atomic E-state index is -0.696. The molecule has 1 saturated heterocycles. The summed E-state index contributed by atoms with van der Waals surface area (Å²) in [5.74, 6) is 0.226. The maximum absolute atomic E-state index is 12.3. The topological polar surface area (TPSA) is 65.1 Å². The van der Waals surface area contributed by atoms with Crippen molar-refractivity contribution in [3.63, 3.8) is 0 Å². The number of amides is 1. The van der Waals surface area contributed by atoms with Gasteiger partial charge in [0.15, 0.2) is 6.10 Å². The van der Waals surface area contributed by atoms with Crippen molar-refractivity contribution in [3.8, 4) is 5.75 Å². The zero-order chi connectivity index (χ0) is 15.2. The molecule has 0 spiro atoms. The van der Waals surface area contributed by atoms with Crippen LogP contribution in [0.4, 0.5) is 0 Å². The van der Waals surface area contributed by atoms with Crippen LogP contribution in [0.5, 0.6) is 5.75 Å². The van der Waals surface area contributed by atoms with Gasteiger partial charge in [0.05, 0.1) is 33.8 Å². The number of methoxy groups -OCH3 is 2. The minimum absolute atomic E-state index is 0.0412. The van der Waals surface area contributed by atoms with E-state index in [4.69, 9.17) is 9.47 Å². The molecule has 1 amide bonds. The Morgan fingerprint density at radius 1 is 1.38 bits per heavy atom. The smallest absolute Gasteiger partial charge is 0.336 e. The first-order valence-corrected chi connectivity index (χ1v) is 6.74. The monoisotopic (exact) mass is 293 g/mol. The van der Waals surface area contributed by atoms with E-state index in [0.29, 0.717) is 13.2 Å². The minimum Gasteiger partial charge on any atom is -0.497 e. The molecule has 0 aliphatic carbocycles. The highest BCUT2D eigenvalue weighted by Gasteiger charge is 2.29. The number of benzene rings is 1. The van der Waals surface area contributed by atoms with Crippen LogP contribution in [0.3, 0.4) is 0 Å². The molecule has 6 heteroatoms. The van der Waals surface area contributed by atoms with Crippen molar-refractivity contribution < 1.29 is 23.8 Å². The number of esters is 1. The summed E-state index contributed by atoms with van der Waals surface area (Å²) in [4.78, 5) is 25.4. The number of carbonyl (C=O) groups is 2. The first-order chi connectivity index (χ1) is 10.1. The van der Waals surface area contributed by atoms with Crippen molar-refractivity contribution in [3.05, 3.63) is 29.8 Å². The standard InChI is InChI=1S/C15H19NO5/c1-19-12-5-3-4-11(8-12)9-14(17)16-6-7-21-13(10-16)15(18)20-2/h3-5,8,13H,6-7,9-10H2,1-2H3. The lowest BCUT2D eigenvalue weighted by Crippen LogP contribution is -2.49. The molecule has 1 unspecified atom stereocenters. The Kier molecular flexibility index (Phi) is 5.16. The average molecular weight is 293 g/mol. The average Bonchev–Trinajstić information content (AvgIpc) is 2.54. The molecule has 1 atom stereocenters. The number of nitrogens with zero attached hydrogens (tertiary/aromatic N) is 1. The molecule has 0 radical (unpaired) electrons. The third-order valence-corrected chi connectivity index (χ3v) is 3.37. The van der Waals surface area contributed by atoms with Gasteiger partial charge < -0.3 is 19.1 Å². The maximum Gasteiger partial charge on any atom is 0.336 e. The molecule has 1 fully saturated rings. The largest absolute Gasteiger partial charge is 0.497 e. The summed E-state index contributed by atoms with van der Waals surface area (Å²) in [6.07, 6.45) is -0.427. The summed E-state index contributed by atoms with van der Waals surface area (Å²) in [6.45, 7) is 1.05. The molecule has 0 bridgehead atoms. The van der Waals surface area contributed by atoms with E-state index in [1.807, 2.05) is 24.3 Å². The highest BCUT2D eigenvalue weighted by molar-refractivity contribution is 5.81. The summed E-state index contributed by atoms with van der Waals surface area (Å²) < 4.78 is 15.1. The van der Waals surface area contributed by atoms with Crippen molar-refractivity contribution in [1.29, 1.82) is 0 Å². The first kappa shape index (κ1) is 15.3. The van der Waals surface area contributed by atoms with Gasteiger partial charge in [-0.2, -0.15) is 0 Å². The zero-order valence-corrected chi connectivity index (χ0v) is 12.2. The quantitative estimate of drug-likeness (QED) is 0.762. The lowest BCUT2D eigenvalue weighted by atomic mass is 10.1. The van der Waals surface area contributed by atoms with E-state index in [2.05, 4.69) is 4.74 Å². The van der Waals surface area contributed by atoms with Gasteiger partial charge in [0.1, 0.15) is 5.75 Å². The van der Waals surface area contributed by atoms with Crippen molar-refractivity contribution in [1.82, 2.24) is 4.90 Å². The molecular formula is C15H19NO5. The van der Waals surface area contributed by atoms with Crippen LogP contribution in [0.25, 0.3) is 0 Å². The molecule has 0 aromatic heterocycles. The lowest BCUT2D eigenvalue weighted by molar-refractivity contribution is -0.162. The Morgan fingerprint density at radius 3 is 2.90 bits per heavy atom. The number of hydrogen-bond donors (Lipinski definition) is 0. The van der Waals surface area contributed by atoms with Crippen molar-refractivity contribution in [2.45, 2.75) is 12.5 Å². The second-order valence-corrected chi connectivity index (χ2v) is 4.75. The molecule has 21 heavy (non-hydrogen) atoms. The molecule has 1 aliphatic rings. The normalized spacial score (nSPS) is 18.2. The number of hydrogen-bond acceptors (Lipinski definition) is 5. The van der Waals surface area contributed by atoms with E-state index in [0.717, 1.165) is 11.3 Å². The number of rotatable bonds is 4. The van der Waals surface area contributed by atoms with Crippen molar-refractivity contribution in [2.75, 3.05) is 33.9 Å². The fourth-order valence-electron chi connectivity index (χ4n) is 2.22. The van der Waals surface area contributed by atoms with E-state index in [1.165, 1.54) is 7.11 Å². The Morgan fingerprint density at radius 2 is 2.19 bits per heavy atom. The fourth-order valence-corrected chi connectivity index (χ4v) is 2.22. The number of morpholine rings is 1. The van der Waals surface area contributed by atoms with E-state index >= 15 is 0 Å². The second kappa shape index (κ2) is 7.08. The van der Waals surface area contributed by atoms with Crippen LogP contribution in [-0.2, 0) is 25.5 Å². The van der Waals surface area contributed by atoms with Crippen LogP contribution in [-0.4, -0.2) is 56.8 Å². The summed E-state index contributed by atoms with van der Waals surface area (Å²) in [7, 11) is 2.90. The number of ether oxygens (including phenoxy) is 3. The van der Waals surface area contributed by atoms with Gasteiger partial charge in [-0.25, -0.2) is 4.79 Å². The SMILES string of the molecule is COC(=O)C1CN(C(=O)Cc2cccc(OC)c2)CCO1. The summed E-state index contributed by atoms with van der Waals surface area (Å²) in [5.41, 5.74) is 0.875. The van der Waals surface area contributed by atoms with Crippen LogP contribution < -0.4 is 4.74 Å². The van der Waals surface area contributed by atoms with Crippen molar-refractivity contribution in [2.24, 2.45) is 0 Å². The van der Waals surface area contributed by atoms with E-state index < -0.39 is 12.1 Å². The molecule has 1 aromatic rings. The number of carbonyl (C=O) groups excluding carboxylic acids is 2. The van der Waals surface area contributed by atoms with E-state index in [9.17, 15) is 9.59 Å². The van der Waals surface area contributed by atoms with Crippen molar-refractivity contribution >= 4 is 11.9 Å². The summed E-state index contributed by atoms with van der Waals surface area (Å²) in [6, 6.07) is 7.38. The van der Waals surface area contributed by atoms with Gasteiger partial charge in [0, 0.05) is 6.54 Å². The summed E-state index contributed by atoms with van der Waals surface area (Å²) in [5, 5.41) is 0. The molecule has 0 N–H and O–H groups in total. The highest BCUT2D eigenvalue weighted by Crippen LogP contribution is 2.15. The third kappa shape index (κ3) is 3.95. The predicted octanol–water partition coefficient (Wildman–Crippen LogP) is 0.638. The van der Waals surface area contributed by atoms with Crippen LogP contribution in [0.1, 0.15) is 5.56 Å². The Hall–Kier alpha value is -2.08. The lowest BCUT2D eigenvalue weighted by Gasteiger charge is -2.31. The van der Waals surface area contributed by atoms with Gasteiger partial charge in [-0.3, -0.25) is 4.79 Å². The molecule has 6 nitrogen and oxygen atoms in total. The Labute approximate surface area is 123 Å². The van der Waals surface area contributed by atoms with E-state index in [1.54, 1.807) is 12.0 Å². The second-order valence-electron chi connectivity index (χ2n) is 4.75. The molecule has 114 valence electrons. The molecular weight excluding hydrogens is 274 g/mol. The van der Waals surface area contributed by atoms with Gasteiger partial charge in [-0.15, -0.1) is 0 Å². The van der Waals surface area contributed by atoms with Gasteiger partial charge in [-0.05, 0) is 17.7 Å². The molecule has 1 heterocycles. The fraction of sp³-hybridized carbons (Fsp3) is 0.467. The van der Waals surface area contributed by atoms with Gasteiger partial charge in [0.2, 0.25) is 5.91 Å². The Balaban J connectivity index is 1.97. The van der Waals surface area contributed by atoms with Crippen LogP contribution in [0.2, 0.25) is 0 Å². The first-order valence-electron chi connectivity index (χ1n) is 6.74. The Bertz CT molecular complexity index is 517. The summed E-state index contributed by atoms with van der Waals surface area (Å²) >= 11 is 0. The predicted molar refractivity (Wildman–Crippen MR) is 75.0 cm³/mol. The third-order valence-electron chi connectivity index (χ3n) is 3.37. The highest BCUT2D eigenvalue weighted by atomic mass is 16.6. The molecule has 1 aliphatic heterocycles. The van der Waals surface area contributed by atoms with Crippen LogP contribution >= 0.6 is 0 Å². The van der Waals surface area contributed by atoms with Crippen LogP contribution in [0.15, 0.2) is 24.3 Å². The molecule has 0 saturated carbocycles. The zero-order valence-electron chi connectivity index (χ0n) is 12.2. The molecule has 1 aromatic carbocycles. The van der Waals surface area contributed by atoms with E-state index in [-0.39, 0.29) is 18.9 Å². The van der Waals surface area contributed by atoms with Gasteiger partial charge >= 0.3 is 5.97 Å². The van der Waals surface area contributed by atoms with Crippen LogP contribution in [0, 0.1) is 0 Å². The van der Waals surface area contributed by atoms with Gasteiger partial charge in [-0.1, -0.05) is 12.1 Å². The maximum atomic E-state index is 12.3.